The van der Waals surface area contributed by atoms with E-state index in [1.54, 1.807) is 0 Å². The van der Waals surface area contributed by atoms with Gasteiger partial charge in [-0.15, -0.1) is 0 Å². The van der Waals surface area contributed by atoms with Crippen molar-refractivity contribution in [3.8, 4) is 0 Å². The van der Waals surface area contributed by atoms with Gasteiger partial charge in [0.15, 0.2) is 0 Å². The van der Waals surface area contributed by atoms with E-state index in [4.69, 9.17) is 4.74 Å². The molecule has 178 valence electrons. The van der Waals surface area contributed by atoms with Gasteiger partial charge >= 0.3 is 5.97 Å². The lowest BCUT2D eigenvalue weighted by Crippen LogP contribution is -2.53. The Morgan fingerprint density at radius 1 is 1.03 bits per heavy atom. The van der Waals surface area contributed by atoms with E-state index in [0.717, 1.165) is 41.9 Å². The van der Waals surface area contributed by atoms with Gasteiger partial charge in [0.05, 0.1) is 6.61 Å². The monoisotopic (exact) mass is 432 g/mol. The molecule has 0 bridgehead atoms. The van der Waals surface area contributed by atoms with Gasteiger partial charge in [-0.3, -0.25) is 4.79 Å². The van der Waals surface area contributed by atoms with Gasteiger partial charge in [-0.05, 0) is 130 Å². The van der Waals surface area contributed by atoms with Gasteiger partial charge in [-0.2, -0.15) is 0 Å². The van der Waals surface area contributed by atoms with Gasteiger partial charge in [-0.1, -0.05) is 20.8 Å². The van der Waals surface area contributed by atoms with Gasteiger partial charge in [0, 0.05) is 13.0 Å². The first-order chi connectivity index (χ1) is 14.8. The molecule has 0 aromatic heterocycles. The van der Waals surface area contributed by atoms with Crippen molar-refractivity contribution < 1.29 is 14.6 Å². The van der Waals surface area contributed by atoms with Crippen LogP contribution in [0.25, 0.3) is 0 Å². The molecule has 3 nitrogen and oxygen atoms in total. The molecule has 1 N–H and O–H groups in total. The molecular formula is C28H48O3. The summed E-state index contributed by atoms with van der Waals surface area (Å²) in [6.07, 6.45) is 15.1. The molecule has 31 heavy (non-hydrogen) atoms. The van der Waals surface area contributed by atoms with E-state index in [-0.39, 0.29) is 5.97 Å². The molecule has 0 radical (unpaired) electrons. The predicted molar refractivity (Wildman–Crippen MR) is 125 cm³/mol. The van der Waals surface area contributed by atoms with Gasteiger partial charge in [0.1, 0.15) is 0 Å². The molecule has 3 heteroatoms. The molecule has 0 spiro atoms. The number of hydrogen-bond acceptors (Lipinski definition) is 3. The van der Waals surface area contributed by atoms with E-state index in [2.05, 4.69) is 20.8 Å². The van der Waals surface area contributed by atoms with E-state index >= 15 is 0 Å². The molecule has 0 saturated heterocycles. The Labute approximate surface area is 191 Å². The summed E-state index contributed by atoms with van der Waals surface area (Å²) in [6.45, 7) is 10.5. The molecule has 4 rings (SSSR count). The van der Waals surface area contributed by atoms with E-state index in [1.165, 1.54) is 64.2 Å². The highest BCUT2D eigenvalue weighted by atomic mass is 16.5. The van der Waals surface area contributed by atoms with Gasteiger partial charge in [-0.25, -0.2) is 0 Å². The number of hydrogen-bond donors (Lipinski definition) is 1. The third kappa shape index (κ3) is 4.22. The summed E-state index contributed by atoms with van der Waals surface area (Å²) in [5.41, 5.74) is 1.02. The van der Waals surface area contributed by atoms with E-state index in [9.17, 15) is 9.90 Å². The Hall–Kier alpha value is -0.570. The Morgan fingerprint density at radius 2 is 1.77 bits per heavy atom. The third-order valence-electron chi connectivity index (χ3n) is 11.1. The van der Waals surface area contributed by atoms with Crippen LogP contribution in [0, 0.1) is 52.3 Å². The molecule has 4 aliphatic rings. The largest absolute Gasteiger partial charge is 0.466 e. The zero-order valence-corrected chi connectivity index (χ0v) is 20.7. The molecule has 0 amide bonds. The molecule has 9 atom stereocenters. The van der Waals surface area contributed by atoms with Crippen LogP contribution in [0.15, 0.2) is 0 Å². The zero-order valence-electron chi connectivity index (χ0n) is 20.7. The number of fused-ring (bicyclic) bond motifs is 5. The van der Waals surface area contributed by atoms with Crippen molar-refractivity contribution in [2.75, 3.05) is 13.2 Å². The smallest absolute Gasteiger partial charge is 0.306 e. The highest BCUT2D eigenvalue weighted by Crippen LogP contribution is 2.68. The summed E-state index contributed by atoms with van der Waals surface area (Å²) >= 11 is 0. The normalized spacial score (nSPS) is 45.3. The fourth-order valence-corrected chi connectivity index (χ4v) is 9.58. The van der Waals surface area contributed by atoms with Crippen LogP contribution in [-0.4, -0.2) is 24.3 Å². The fourth-order valence-electron chi connectivity index (χ4n) is 9.58. The Kier molecular flexibility index (Phi) is 7.12. The Balaban J connectivity index is 1.43. The highest BCUT2D eigenvalue weighted by Gasteiger charge is 2.60. The Morgan fingerprint density at radius 3 is 2.52 bits per heavy atom. The second-order valence-electron chi connectivity index (χ2n) is 12.4. The second-order valence-corrected chi connectivity index (χ2v) is 12.4. The molecule has 0 aromatic carbocycles. The molecular weight excluding hydrogens is 384 g/mol. The molecule has 4 saturated carbocycles. The van der Waals surface area contributed by atoms with Crippen molar-refractivity contribution in [1.29, 1.82) is 0 Å². The van der Waals surface area contributed by atoms with Crippen LogP contribution in [0.3, 0.4) is 0 Å². The molecule has 4 aliphatic carbocycles. The number of aliphatic hydroxyl groups excluding tert-OH is 1. The number of ether oxygens (including phenoxy) is 1. The summed E-state index contributed by atoms with van der Waals surface area (Å²) < 4.78 is 5.25. The lowest BCUT2D eigenvalue weighted by Gasteiger charge is -2.61. The standard InChI is InChI=1S/C28H48O3/c1-5-31-26(30)18-20-12-14-27(3)21(17-20)8-9-22-24-11-10-23(19(2)7-6-16-29)28(24,4)15-13-25(22)27/h19-25,29H,5-18H2,1-4H3/t19?,20?,21?,22?,23-,24?,25?,27?,28?/m1/s1. The van der Waals surface area contributed by atoms with Crippen LogP contribution in [0.1, 0.15) is 105 Å². The Bertz CT molecular complexity index is 632. The summed E-state index contributed by atoms with van der Waals surface area (Å²) in [5, 5.41) is 9.32. The van der Waals surface area contributed by atoms with Crippen LogP contribution in [0.5, 0.6) is 0 Å². The summed E-state index contributed by atoms with van der Waals surface area (Å²) in [7, 11) is 0. The summed E-state index contributed by atoms with van der Waals surface area (Å²) in [4.78, 5) is 12.1. The minimum Gasteiger partial charge on any atom is -0.466 e. The number of esters is 1. The maximum atomic E-state index is 12.1. The van der Waals surface area contributed by atoms with E-state index < -0.39 is 0 Å². The average Bonchev–Trinajstić information content (AvgIpc) is 3.09. The zero-order chi connectivity index (χ0) is 22.2. The average molecular weight is 433 g/mol. The van der Waals surface area contributed by atoms with Crippen molar-refractivity contribution in [2.24, 2.45) is 52.3 Å². The topological polar surface area (TPSA) is 46.5 Å². The fraction of sp³-hybridized carbons (Fsp3) is 0.964. The second kappa shape index (κ2) is 9.35. The molecule has 0 heterocycles. The number of carbonyl (C=O) groups is 1. The quantitative estimate of drug-likeness (QED) is 0.460. The van der Waals surface area contributed by atoms with E-state index in [1.807, 2.05) is 6.92 Å². The number of rotatable bonds is 7. The van der Waals surface area contributed by atoms with Gasteiger partial charge in [0.25, 0.3) is 0 Å². The van der Waals surface area contributed by atoms with Crippen molar-refractivity contribution in [2.45, 2.75) is 105 Å². The first-order valence-corrected chi connectivity index (χ1v) is 13.6. The van der Waals surface area contributed by atoms with Gasteiger partial charge < -0.3 is 9.84 Å². The van der Waals surface area contributed by atoms with Crippen molar-refractivity contribution in [3.05, 3.63) is 0 Å². The minimum atomic E-state index is 0.0190. The highest BCUT2D eigenvalue weighted by molar-refractivity contribution is 5.69. The van der Waals surface area contributed by atoms with Crippen LogP contribution >= 0.6 is 0 Å². The maximum Gasteiger partial charge on any atom is 0.306 e. The summed E-state index contributed by atoms with van der Waals surface area (Å²) in [6, 6.07) is 0. The molecule has 0 aromatic rings. The first-order valence-electron chi connectivity index (χ1n) is 13.6. The lowest BCUT2D eigenvalue weighted by molar-refractivity contribution is -0.147. The van der Waals surface area contributed by atoms with Crippen molar-refractivity contribution in [1.82, 2.24) is 0 Å². The SMILES string of the molecule is CCOC(=O)CC1CCC2(C)C(CCC3C2CCC2(C)C3CC[C@@H]2C(C)CCCO)C1. The predicted octanol–water partition coefficient (Wildman–Crippen LogP) is 6.62. The molecule has 8 unspecified atom stereocenters. The molecule has 0 aliphatic heterocycles. The van der Waals surface area contributed by atoms with E-state index in [0.29, 0.717) is 36.4 Å². The minimum absolute atomic E-state index is 0.0190. The van der Waals surface area contributed by atoms with Gasteiger partial charge in [0.2, 0.25) is 0 Å². The third-order valence-corrected chi connectivity index (χ3v) is 11.1. The lowest BCUT2D eigenvalue weighted by atomic mass is 9.44. The van der Waals surface area contributed by atoms with Crippen LogP contribution in [-0.2, 0) is 9.53 Å². The van der Waals surface area contributed by atoms with Crippen molar-refractivity contribution >= 4 is 5.97 Å². The van der Waals surface area contributed by atoms with Crippen LogP contribution in [0.2, 0.25) is 0 Å². The number of carbonyl (C=O) groups excluding carboxylic acids is 1. The van der Waals surface area contributed by atoms with Crippen molar-refractivity contribution in [3.63, 3.8) is 0 Å². The number of aliphatic hydroxyl groups is 1. The van der Waals surface area contributed by atoms with Crippen LogP contribution < -0.4 is 0 Å². The maximum absolute atomic E-state index is 12.1. The van der Waals surface area contributed by atoms with Crippen LogP contribution in [0.4, 0.5) is 0 Å². The summed E-state index contributed by atoms with van der Waals surface area (Å²) in [5.74, 6) is 5.74. The molecule has 4 fully saturated rings. The first kappa shape index (κ1) is 23.6.